The molecule has 1 aromatic heterocycles. The maximum Gasteiger partial charge on any atom is 0.251 e. The molecule has 0 aliphatic carbocycles. The number of aromatic nitrogens is 2. The van der Waals surface area contributed by atoms with Gasteiger partial charge in [0.05, 0.1) is 17.8 Å². The number of benzene rings is 2. The molecule has 3 rings (SSSR count). The standard InChI is InChI=1S/C23H26N4O2/c1-5-24-23(29)18-12-11-15(2)21(13-18)25-22(28)14-20-16(3)26-27(17(20)4)19-9-7-6-8-10-19/h6-13H,5,14H2,1-4H3,(H,24,29)(H,25,28). The monoisotopic (exact) mass is 390 g/mol. The van der Waals surface area contributed by atoms with Gasteiger partial charge in [0.15, 0.2) is 0 Å². The minimum absolute atomic E-state index is 0.139. The Morgan fingerprint density at radius 1 is 1.03 bits per heavy atom. The number of aryl methyl sites for hydroxylation is 2. The van der Waals surface area contributed by atoms with E-state index in [9.17, 15) is 9.59 Å². The molecule has 29 heavy (non-hydrogen) atoms. The van der Waals surface area contributed by atoms with Gasteiger partial charge in [-0.25, -0.2) is 4.68 Å². The van der Waals surface area contributed by atoms with Crippen LogP contribution in [-0.2, 0) is 11.2 Å². The van der Waals surface area contributed by atoms with Crippen LogP contribution >= 0.6 is 0 Å². The lowest BCUT2D eigenvalue weighted by Gasteiger charge is -2.11. The van der Waals surface area contributed by atoms with E-state index in [0.29, 0.717) is 17.8 Å². The summed E-state index contributed by atoms with van der Waals surface area (Å²) in [5, 5.41) is 10.3. The van der Waals surface area contributed by atoms with E-state index in [0.717, 1.165) is 28.2 Å². The molecular weight excluding hydrogens is 364 g/mol. The normalized spacial score (nSPS) is 10.6. The van der Waals surface area contributed by atoms with Crippen molar-refractivity contribution in [1.29, 1.82) is 0 Å². The molecule has 0 fully saturated rings. The summed E-state index contributed by atoms with van der Waals surface area (Å²) in [4.78, 5) is 24.8. The van der Waals surface area contributed by atoms with Gasteiger partial charge < -0.3 is 10.6 Å². The Bertz CT molecular complexity index is 1040. The van der Waals surface area contributed by atoms with E-state index in [1.807, 2.05) is 68.8 Å². The van der Waals surface area contributed by atoms with Gasteiger partial charge in [-0.3, -0.25) is 9.59 Å². The molecule has 0 saturated carbocycles. The summed E-state index contributed by atoms with van der Waals surface area (Å²) in [5.74, 6) is -0.293. The van der Waals surface area contributed by atoms with Gasteiger partial charge in [-0.2, -0.15) is 5.10 Å². The summed E-state index contributed by atoms with van der Waals surface area (Å²) >= 11 is 0. The summed E-state index contributed by atoms with van der Waals surface area (Å²) in [6.45, 7) is 8.21. The fraction of sp³-hybridized carbons (Fsp3) is 0.261. The topological polar surface area (TPSA) is 76.0 Å². The van der Waals surface area contributed by atoms with Crippen molar-refractivity contribution in [3.05, 3.63) is 76.6 Å². The van der Waals surface area contributed by atoms with Gasteiger partial charge in [-0.15, -0.1) is 0 Å². The van der Waals surface area contributed by atoms with Crippen LogP contribution in [0.15, 0.2) is 48.5 Å². The highest BCUT2D eigenvalue weighted by Crippen LogP contribution is 2.21. The van der Waals surface area contributed by atoms with E-state index in [-0.39, 0.29) is 18.2 Å². The SMILES string of the molecule is CCNC(=O)c1ccc(C)c(NC(=O)Cc2c(C)nn(-c3ccccc3)c2C)c1. The highest BCUT2D eigenvalue weighted by molar-refractivity contribution is 5.98. The number of hydrogen-bond acceptors (Lipinski definition) is 3. The molecule has 0 aliphatic rings. The van der Waals surface area contributed by atoms with Gasteiger partial charge in [-0.1, -0.05) is 24.3 Å². The second-order valence-corrected chi connectivity index (χ2v) is 7.01. The molecule has 0 bridgehead atoms. The van der Waals surface area contributed by atoms with E-state index in [1.165, 1.54) is 0 Å². The Hall–Kier alpha value is -3.41. The third kappa shape index (κ3) is 4.54. The van der Waals surface area contributed by atoms with E-state index in [2.05, 4.69) is 15.7 Å². The Morgan fingerprint density at radius 2 is 1.76 bits per heavy atom. The molecular formula is C23H26N4O2. The zero-order valence-electron chi connectivity index (χ0n) is 17.2. The zero-order valence-corrected chi connectivity index (χ0v) is 17.2. The quantitative estimate of drug-likeness (QED) is 0.673. The molecule has 0 radical (unpaired) electrons. The fourth-order valence-corrected chi connectivity index (χ4v) is 3.27. The van der Waals surface area contributed by atoms with Crippen LogP contribution in [0.4, 0.5) is 5.69 Å². The number of nitrogens with zero attached hydrogens (tertiary/aromatic N) is 2. The van der Waals surface area contributed by atoms with Crippen LogP contribution in [0.25, 0.3) is 5.69 Å². The second kappa shape index (κ2) is 8.73. The van der Waals surface area contributed by atoms with Crippen LogP contribution in [0.5, 0.6) is 0 Å². The minimum Gasteiger partial charge on any atom is -0.352 e. The van der Waals surface area contributed by atoms with Crippen molar-refractivity contribution >= 4 is 17.5 Å². The van der Waals surface area contributed by atoms with Gasteiger partial charge in [-0.05, 0) is 57.5 Å². The number of nitrogens with one attached hydrogen (secondary N) is 2. The van der Waals surface area contributed by atoms with Crippen LogP contribution in [0.3, 0.4) is 0 Å². The Kier molecular flexibility index (Phi) is 6.12. The maximum absolute atomic E-state index is 12.7. The van der Waals surface area contributed by atoms with Crippen molar-refractivity contribution in [2.75, 3.05) is 11.9 Å². The van der Waals surface area contributed by atoms with Crippen LogP contribution < -0.4 is 10.6 Å². The minimum atomic E-state index is -0.154. The molecule has 0 spiro atoms. The number of anilines is 1. The lowest BCUT2D eigenvalue weighted by molar-refractivity contribution is -0.115. The maximum atomic E-state index is 12.7. The Labute approximate surface area is 170 Å². The van der Waals surface area contributed by atoms with Crippen molar-refractivity contribution in [2.24, 2.45) is 0 Å². The molecule has 150 valence electrons. The average Bonchev–Trinajstić information content (AvgIpc) is 2.98. The largest absolute Gasteiger partial charge is 0.352 e. The lowest BCUT2D eigenvalue weighted by atomic mass is 10.1. The lowest BCUT2D eigenvalue weighted by Crippen LogP contribution is -2.23. The first kappa shape index (κ1) is 20.3. The van der Waals surface area contributed by atoms with Gasteiger partial charge in [0.25, 0.3) is 5.91 Å². The highest BCUT2D eigenvalue weighted by atomic mass is 16.2. The number of carbonyl (C=O) groups is 2. The highest BCUT2D eigenvalue weighted by Gasteiger charge is 2.17. The summed E-state index contributed by atoms with van der Waals surface area (Å²) in [5.41, 5.74) is 5.71. The van der Waals surface area contributed by atoms with Gasteiger partial charge >= 0.3 is 0 Å². The number of amides is 2. The first-order chi connectivity index (χ1) is 13.9. The van der Waals surface area contributed by atoms with E-state index >= 15 is 0 Å². The second-order valence-electron chi connectivity index (χ2n) is 7.01. The molecule has 0 unspecified atom stereocenters. The zero-order chi connectivity index (χ0) is 21.0. The molecule has 1 heterocycles. The van der Waals surface area contributed by atoms with Crippen molar-refractivity contribution < 1.29 is 9.59 Å². The third-order valence-electron chi connectivity index (χ3n) is 4.89. The molecule has 6 nitrogen and oxygen atoms in total. The summed E-state index contributed by atoms with van der Waals surface area (Å²) in [6.07, 6.45) is 0.218. The van der Waals surface area contributed by atoms with Crippen LogP contribution in [0, 0.1) is 20.8 Å². The number of para-hydroxylation sites is 1. The van der Waals surface area contributed by atoms with E-state index in [1.54, 1.807) is 12.1 Å². The first-order valence-electron chi connectivity index (χ1n) is 9.70. The van der Waals surface area contributed by atoms with Crippen LogP contribution in [0.1, 0.15) is 39.8 Å². The van der Waals surface area contributed by atoms with Crippen molar-refractivity contribution in [3.8, 4) is 5.69 Å². The van der Waals surface area contributed by atoms with Gasteiger partial charge in [0, 0.05) is 29.1 Å². The summed E-state index contributed by atoms with van der Waals surface area (Å²) in [7, 11) is 0. The van der Waals surface area contributed by atoms with E-state index in [4.69, 9.17) is 0 Å². The predicted octanol–water partition coefficient (Wildman–Crippen LogP) is 3.73. The van der Waals surface area contributed by atoms with E-state index < -0.39 is 0 Å². The molecule has 0 atom stereocenters. The van der Waals surface area contributed by atoms with Crippen LogP contribution in [0.2, 0.25) is 0 Å². The number of carbonyl (C=O) groups excluding carboxylic acids is 2. The first-order valence-corrected chi connectivity index (χ1v) is 9.70. The molecule has 6 heteroatoms. The molecule has 2 amide bonds. The molecule has 3 aromatic rings. The van der Waals surface area contributed by atoms with Crippen LogP contribution in [-0.4, -0.2) is 28.1 Å². The van der Waals surface area contributed by atoms with Crippen molar-refractivity contribution in [2.45, 2.75) is 34.1 Å². The van der Waals surface area contributed by atoms with Gasteiger partial charge in [0.1, 0.15) is 0 Å². The molecule has 2 N–H and O–H groups in total. The summed E-state index contributed by atoms with van der Waals surface area (Å²) < 4.78 is 1.86. The average molecular weight is 390 g/mol. The Balaban J connectivity index is 1.79. The van der Waals surface area contributed by atoms with Gasteiger partial charge in [0.2, 0.25) is 5.91 Å². The molecule has 0 aliphatic heterocycles. The van der Waals surface area contributed by atoms with Crippen molar-refractivity contribution in [1.82, 2.24) is 15.1 Å². The predicted molar refractivity (Wildman–Crippen MR) is 115 cm³/mol. The molecule has 2 aromatic carbocycles. The third-order valence-corrected chi connectivity index (χ3v) is 4.89. The fourth-order valence-electron chi connectivity index (χ4n) is 3.27. The molecule has 0 saturated heterocycles. The number of rotatable bonds is 6. The van der Waals surface area contributed by atoms with Crippen molar-refractivity contribution in [3.63, 3.8) is 0 Å². The Morgan fingerprint density at radius 3 is 2.45 bits per heavy atom. The number of hydrogen-bond donors (Lipinski definition) is 2. The summed E-state index contributed by atoms with van der Waals surface area (Å²) in [6, 6.07) is 15.2. The smallest absolute Gasteiger partial charge is 0.251 e.